The molecular formula is C22H16F2N4OS. The van der Waals surface area contributed by atoms with Crippen LogP contribution in [0.2, 0.25) is 0 Å². The molecule has 0 atom stereocenters. The summed E-state index contributed by atoms with van der Waals surface area (Å²) in [5.41, 5.74) is 3.64. The number of aromatic amines is 1. The molecule has 5 nitrogen and oxygen atoms in total. The topological polar surface area (TPSA) is 63.7 Å². The van der Waals surface area contributed by atoms with Crippen LogP contribution in [-0.4, -0.2) is 26.1 Å². The number of fused-ring (bicyclic) bond motifs is 1. The Labute approximate surface area is 175 Å². The molecule has 1 N–H and O–H groups in total. The third-order valence-electron chi connectivity index (χ3n) is 5.43. The predicted molar refractivity (Wildman–Crippen MR) is 110 cm³/mol. The van der Waals surface area contributed by atoms with E-state index in [1.165, 1.54) is 31.4 Å². The van der Waals surface area contributed by atoms with Gasteiger partial charge in [-0.3, -0.25) is 5.10 Å². The first-order valence-electron chi connectivity index (χ1n) is 9.26. The van der Waals surface area contributed by atoms with Crippen molar-refractivity contribution in [1.29, 1.82) is 0 Å². The van der Waals surface area contributed by atoms with Crippen molar-refractivity contribution in [2.45, 2.75) is 11.8 Å². The maximum Gasteiger partial charge on any atom is 0.255 e. The van der Waals surface area contributed by atoms with Crippen LogP contribution in [0.15, 0.2) is 54.6 Å². The molecule has 30 heavy (non-hydrogen) atoms. The van der Waals surface area contributed by atoms with Crippen molar-refractivity contribution < 1.29 is 13.5 Å². The van der Waals surface area contributed by atoms with E-state index in [1.54, 1.807) is 12.1 Å². The number of aromatic nitrogens is 4. The molecule has 8 heteroatoms. The Morgan fingerprint density at radius 1 is 1.00 bits per heavy atom. The molecule has 0 saturated carbocycles. The smallest absolute Gasteiger partial charge is 0.255 e. The molecule has 0 fully saturated rings. The number of hydrogen-bond donors (Lipinski definition) is 1. The molecule has 0 aliphatic heterocycles. The second kappa shape index (κ2) is 7.14. The van der Waals surface area contributed by atoms with Crippen LogP contribution < -0.4 is 4.74 Å². The summed E-state index contributed by atoms with van der Waals surface area (Å²) in [6.07, 6.45) is 4.36. The van der Waals surface area contributed by atoms with Crippen LogP contribution in [0.5, 0.6) is 5.88 Å². The summed E-state index contributed by atoms with van der Waals surface area (Å²) < 4.78 is 41.9. The number of allylic oxidation sites excluding steroid dienone is 1. The molecule has 2 aromatic carbocycles. The molecule has 5 rings (SSSR count). The lowest BCUT2D eigenvalue weighted by atomic mass is 9.68. The lowest BCUT2D eigenvalue weighted by Crippen LogP contribution is -2.30. The summed E-state index contributed by atoms with van der Waals surface area (Å²) in [5.74, 6) is -0.271. The van der Waals surface area contributed by atoms with Gasteiger partial charge in [-0.05, 0) is 35.4 Å². The highest BCUT2D eigenvalue weighted by atomic mass is 32.1. The Hall–Kier alpha value is -3.39. The zero-order valence-corrected chi connectivity index (χ0v) is 16.7. The fraction of sp³-hybridized carbons (Fsp3) is 0.136. The van der Waals surface area contributed by atoms with E-state index in [0.29, 0.717) is 23.7 Å². The Kier molecular flexibility index (Phi) is 4.43. The van der Waals surface area contributed by atoms with Crippen LogP contribution in [0.4, 0.5) is 8.78 Å². The lowest BCUT2D eigenvalue weighted by Gasteiger charge is -2.34. The second-order valence-corrected chi connectivity index (χ2v) is 7.62. The van der Waals surface area contributed by atoms with E-state index in [0.717, 1.165) is 34.1 Å². The maximum absolute atomic E-state index is 14.1. The first kappa shape index (κ1) is 18.6. The summed E-state index contributed by atoms with van der Waals surface area (Å²) in [6, 6.07) is 12.8. The van der Waals surface area contributed by atoms with Crippen LogP contribution in [0, 0.1) is 11.6 Å². The van der Waals surface area contributed by atoms with Gasteiger partial charge in [0.1, 0.15) is 17.3 Å². The van der Waals surface area contributed by atoms with Crippen molar-refractivity contribution >= 4 is 17.8 Å². The van der Waals surface area contributed by atoms with Gasteiger partial charge in [-0.2, -0.15) is 9.47 Å². The molecule has 1 aliphatic rings. The summed E-state index contributed by atoms with van der Waals surface area (Å²) >= 11 is 1.05. The van der Waals surface area contributed by atoms with Gasteiger partial charge in [-0.15, -0.1) is 4.37 Å². The number of methoxy groups -OCH3 is 1. The molecular weight excluding hydrogens is 406 g/mol. The Balaban J connectivity index is 1.67. The minimum absolute atomic E-state index is 0.342. The molecule has 0 spiro atoms. The minimum Gasteiger partial charge on any atom is -0.479 e. The Morgan fingerprint density at radius 2 is 1.70 bits per heavy atom. The molecule has 150 valence electrons. The average Bonchev–Trinajstić information content (AvgIpc) is 3.39. The van der Waals surface area contributed by atoms with E-state index in [4.69, 9.17) is 4.74 Å². The van der Waals surface area contributed by atoms with E-state index in [-0.39, 0.29) is 11.6 Å². The summed E-state index contributed by atoms with van der Waals surface area (Å²) in [4.78, 5) is 0. The molecule has 0 unspecified atom stereocenters. The minimum atomic E-state index is -0.745. The lowest BCUT2D eigenvalue weighted by molar-refractivity contribution is 0.403. The molecule has 1 aliphatic carbocycles. The quantitative estimate of drug-likeness (QED) is 0.515. The molecule has 2 aromatic heterocycles. The van der Waals surface area contributed by atoms with E-state index < -0.39 is 5.41 Å². The van der Waals surface area contributed by atoms with Crippen molar-refractivity contribution in [1.82, 2.24) is 18.9 Å². The highest BCUT2D eigenvalue weighted by Gasteiger charge is 2.37. The number of hydrogen-bond acceptors (Lipinski definition) is 5. The molecule has 0 amide bonds. The first-order valence-corrected chi connectivity index (χ1v) is 9.99. The Morgan fingerprint density at radius 3 is 2.33 bits per heavy atom. The Bertz CT molecular complexity index is 1220. The predicted octanol–water partition coefficient (Wildman–Crippen LogP) is 4.77. The van der Waals surface area contributed by atoms with Gasteiger partial charge in [0.05, 0.1) is 18.8 Å². The van der Waals surface area contributed by atoms with Crippen molar-refractivity contribution in [3.05, 3.63) is 88.6 Å². The summed E-state index contributed by atoms with van der Waals surface area (Å²) in [5, 5.41) is 7.52. The van der Waals surface area contributed by atoms with Crippen LogP contribution in [0.3, 0.4) is 0 Å². The second-order valence-electron chi connectivity index (χ2n) is 7.09. The zero-order valence-electron chi connectivity index (χ0n) is 15.9. The van der Waals surface area contributed by atoms with Gasteiger partial charge in [0.15, 0.2) is 5.69 Å². The van der Waals surface area contributed by atoms with E-state index in [9.17, 15) is 8.78 Å². The third-order valence-corrected chi connectivity index (χ3v) is 5.94. The van der Waals surface area contributed by atoms with Gasteiger partial charge in [0, 0.05) is 23.1 Å². The summed E-state index contributed by atoms with van der Waals surface area (Å²) in [7, 11) is 1.54. The molecule has 2 heterocycles. The number of ether oxygens (including phenoxy) is 1. The van der Waals surface area contributed by atoms with E-state index in [1.807, 2.05) is 24.3 Å². The van der Waals surface area contributed by atoms with Crippen molar-refractivity contribution in [2.75, 3.05) is 7.11 Å². The van der Waals surface area contributed by atoms with E-state index in [2.05, 4.69) is 18.9 Å². The van der Waals surface area contributed by atoms with Gasteiger partial charge < -0.3 is 4.74 Å². The van der Waals surface area contributed by atoms with E-state index >= 15 is 0 Å². The number of nitrogens with zero attached hydrogens (tertiary/aromatic N) is 3. The van der Waals surface area contributed by atoms with Gasteiger partial charge >= 0.3 is 0 Å². The van der Waals surface area contributed by atoms with Crippen LogP contribution >= 0.6 is 11.7 Å². The summed E-state index contributed by atoms with van der Waals surface area (Å²) in [6.45, 7) is 0. The number of H-pyrrole nitrogens is 1. The molecule has 4 aromatic rings. The van der Waals surface area contributed by atoms with Crippen LogP contribution in [0.25, 0.3) is 17.5 Å². The maximum atomic E-state index is 14.1. The van der Waals surface area contributed by atoms with Crippen LogP contribution in [0.1, 0.15) is 22.4 Å². The average molecular weight is 422 g/mol. The number of benzene rings is 2. The molecule has 0 radical (unpaired) electrons. The normalized spacial score (nSPS) is 14.5. The largest absolute Gasteiger partial charge is 0.479 e. The SMILES string of the molecule is COc1nsnc1-c1n[nH]c2c1C=CC(c1cccc(F)c1)(c1cccc(F)c1)C2. The van der Waals surface area contributed by atoms with Crippen molar-refractivity contribution in [3.8, 4) is 17.3 Å². The molecule has 0 saturated heterocycles. The first-order chi connectivity index (χ1) is 14.6. The highest BCUT2D eigenvalue weighted by Crippen LogP contribution is 2.43. The van der Waals surface area contributed by atoms with Gasteiger partial charge in [0.25, 0.3) is 5.88 Å². The fourth-order valence-electron chi connectivity index (χ4n) is 4.00. The molecule has 0 bridgehead atoms. The highest BCUT2D eigenvalue weighted by molar-refractivity contribution is 6.99. The van der Waals surface area contributed by atoms with Gasteiger partial charge in [0.2, 0.25) is 0 Å². The monoisotopic (exact) mass is 422 g/mol. The van der Waals surface area contributed by atoms with Gasteiger partial charge in [-0.1, -0.05) is 36.4 Å². The van der Waals surface area contributed by atoms with Crippen molar-refractivity contribution in [2.24, 2.45) is 0 Å². The fourth-order valence-corrected chi connectivity index (χ4v) is 4.52. The zero-order chi connectivity index (χ0) is 20.7. The van der Waals surface area contributed by atoms with Crippen molar-refractivity contribution in [3.63, 3.8) is 0 Å². The third kappa shape index (κ3) is 2.91. The van der Waals surface area contributed by atoms with Crippen LogP contribution in [-0.2, 0) is 11.8 Å². The standard InChI is InChI=1S/C22H16F2N4OS/c1-29-21-20(27-30-28-21)19-17-8-9-22(12-18(17)25-26-19,13-4-2-6-15(23)10-13)14-5-3-7-16(24)11-14/h2-11H,12H2,1H3,(H,25,26). The number of nitrogens with one attached hydrogen (secondary N) is 1. The number of halogens is 2. The number of rotatable bonds is 4. The van der Waals surface area contributed by atoms with Gasteiger partial charge in [-0.25, -0.2) is 8.78 Å².